The van der Waals surface area contributed by atoms with Crippen LogP contribution < -0.4 is 15.5 Å². The fraction of sp³-hybridized carbons (Fsp3) is 0.393. The monoisotopic (exact) mass is 635 g/mol. The molecule has 1 amide bonds. The van der Waals surface area contributed by atoms with E-state index < -0.39 is 47.7 Å². The highest BCUT2D eigenvalue weighted by atomic mass is 19.4. The highest BCUT2D eigenvalue weighted by Crippen LogP contribution is 2.46. The number of amides is 1. The smallest absolute Gasteiger partial charge is 0.403 e. The maximum absolute atomic E-state index is 15.4. The van der Waals surface area contributed by atoms with E-state index in [-0.39, 0.29) is 46.7 Å². The highest BCUT2D eigenvalue weighted by Gasteiger charge is 2.49. The van der Waals surface area contributed by atoms with Crippen LogP contribution in [-0.4, -0.2) is 57.6 Å². The van der Waals surface area contributed by atoms with Gasteiger partial charge in [-0.3, -0.25) is 4.79 Å². The zero-order valence-electron chi connectivity index (χ0n) is 23.2. The van der Waals surface area contributed by atoms with Gasteiger partial charge < -0.3 is 29.2 Å². The number of carbonyl (C=O) groups is 1. The van der Waals surface area contributed by atoms with E-state index >= 15 is 13.2 Å². The molecule has 4 aromatic rings. The Morgan fingerprint density at radius 2 is 1.84 bits per heavy atom. The summed E-state index contributed by atoms with van der Waals surface area (Å²) in [5.74, 6) is -7.68. The summed E-state index contributed by atoms with van der Waals surface area (Å²) in [6.45, 7) is 1.15. The van der Waals surface area contributed by atoms with Crippen LogP contribution >= 0.6 is 0 Å². The Labute approximate surface area is 249 Å². The van der Waals surface area contributed by atoms with Crippen molar-refractivity contribution < 1.29 is 44.8 Å². The van der Waals surface area contributed by atoms with Gasteiger partial charge >= 0.3 is 18.1 Å². The number of aromatic nitrogens is 4. The van der Waals surface area contributed by atoms with Gasteiger partial charge in [0.2, 0.25) is 11.7 Å². The molecule has 1 saturated heterocycles. The van der Waals surface area contributed by atoms with Crippen molar-refractivity contribution in [3.8, 4) is 22.8 Å². The lowest BCUT2D eigenvalue weighted by molar-refractivity contribution is -0.159. The topological polar surface area (TPSA) is 137 Å². The van der Waals surface area contributed by atoms with Gasteiger partial charge in [-0.2, -0.15) is 18.2 Å². The molecule has 2 aromatic carbocycles. The zero-order chi connectivity index (χ0) is 31.7. The van der Waals surface area contributed by atoms with Crippen LogP contribution in [0.2, 0.25) is 0 Å². The number of ether oxygens (including phenoxy) is 1. The average molecular weight is 636 g/mol. The van der Waals surface area contributed by atoms with Crippen molar-refractivity contribution in [2.24, 2.45) is 5.73 Å². The molecule has 0 unspecified atom stereocenters. The van der Waals surface area contributed by atoms with Crippen LogP contribution in [0.5, 0.6) is 0 Å². The number of benzene rings is 2. The summed E-state index contributed by atoms with van der Waals surface area (Å²) in [4.78, 5) is 19.5. The molecule has 0 radical (unpaired) electrons. The Morgan fingerprint density at radius 3 is 2.53 bits per heavy atom. The third-order valence-corrected chi connectivity index (χ3v) is 8.02. The number of fused-ring (bicyclic) bond motifs is 1. The molecule has 11 nitrogen and oxygen atoms in total. The molecular formula is C28H23F6N7O4. The first-order valence-electron chi connectivity index (χ1n) is 13.8. The van der Waals surface area contributed by atoms with Crippen molar-refractivity contribution in [2.75, 3.05) is 29.5 Å². The summed E-state index contributed by atoms with van der Waals surface area (Å²) in [7, 11) is 0. The maximum Gasteiger partial charge on any atom is 0.471 e. The minimum Gasteiger partial charge on any atom is -0.403 e. The summed E-state index contributed by atoms with van der Waals surface area (Å²) in [5, 5.41) is 11.3. The molecule has 3 aliphatic rings. The largest absolute Gasteiger partial charge is 0.471 e. The molecule has 17 heteroatoms. The van der Waals surface area contributed by atoms with Crippen LogP contribution in [0, 0.1) is 5.82 Å². The maximum atomic E-state index is 15.4. The molecule has 1 spiro atoms. The van der Waals surface area contributed by atoms with Crippen molar-refractivity contribution in [1.82, 2.24) is 20.3 Å². The van der Waals surface area contributed by atoms with E-state index in [1.807, 2.05) is 4.90 Å². The van der Waals surface area contributed by atoms with Crippen molar-refractivity contribution >= 4 is 17.6 Å². The molecule has 4 heterocycles. The number of nitrogens with two attached hydrogens (primary N) is 1. The standard InChI is InChI=1S/C28H23F6N7O4/c29-18-10-17-20(9-16(18)22-37-38-25(44-22)40-7-8-43-26(13-40)5-6-26)41(23(42)19(35)11-27(17,30)31)12-14-1-3-15(4-2-14)21-36-24(45-39-21)28(32,33)34/h1-4,9-10,19H,5-8,11-13,35H2/t19-/m0/s1. The van der Waals surface area contributed by atoms with Gasteiger partial charge in [-0.05, 0) is 30.5 Å². The molecular weight excluding hydrogens is 612 g/mol. The Hall–Kier alpha value is -4.51. The minimum absolute atomic E-state index is 0.123. The molecule has 1 aliphatic carbocycles. The predicted octanol–water partition coefficient (Wildman–Crippen LogP) is 4.67. The average Bonchev–Trinajstić information content (AvgIpc) is 3.38. The number of rotatable bonds is 5. The molecule has 1 atom stereocenters. The Balaban J connectivity index is 1.21. The number of halogens is 6. The lowest BCUT2D eigenvalue weighted by Gasteiger charge is -2.31. The van der Waals surface area contributed by atoms with Gasteiger partial charge in [0.15, 0.2) is 0 Å². The molecule has 7 rings (SSSR count). The van der Waals surface area contributed by atoms with Crippen LogP contribution in [0.3, 0.4) is 0 Å². The van der Waals surface area contributed by atoms with Crippen molar-refractivity contribution in [1.29, 1.82) is 0 Å². The summed E-state index contributed by atoms with van der Waals surface area (Å²) in [6, 6.07) is 5.85. The number of anilines is 2. The van der Waals surface area contributed by atoms with Crippen LogP contribution in [0.4, 0.5) is 38.0 Å². The van der Waals surface area contributed by atoms with Crippen LogP contribution in [0.25, 0.3) is 22.8 Å². The number of nitrogens with zero attached hydrogens (tertiary/aromatic N) is 6. The Bertz CT molecular complexity index is 1770. The van der Waals surface area contributed by atoms with Gasteiger partial charge in [-0.15, -0.1) is 5.10 Å². The van der Waals surface area contributed by atoms with Gasteiger partial charge in [0, 0.05) is 24.1 Å². The summed E-state index contributed by atoms with van der Waals surface area (Å²) in [5.41, 5.74) is 4.82. The molecule has 2 aromatic heterocycles. The molecule has 2 fully saturated rings. The summed E-state index contributed by atoms with van der Waals surface area (Å²) in [6.07, 6.45) is -4.10. The van der Waals surface area contributed by atoms with E-state index in [1.54, 1.807) is 0 Å². The first-order chi connectivity index (χ1) is 21.3. The first-order valence-corrected chi connectivity index (χ1v) is 13.8. The molecule has 236 valence electrons. The number of morpholine rings is 1. The third-order valence-electron chi connectivity index (χ3n) is 8.02. The normalized spacial score (nSPS) is 20.8. The van der Waals surface area contributed by atoms with E-state index in [4.69, 9.17) is 14.9 Å². The van der Waals surface area contributed by atoms with E-state index in [1.165, 1.54) is 24.3 Å². The van der Waals surface area contributed by atoms with Crippen LogP contribution in [-0.2, 0) is 28.2 Å². The molecule has 0 bridgehead atoms. The minimum atomic E-state index is -4.82. The molecule has 2 N–H and O–H groups in total. The SMILES string of the molecule is N[C@H]1CC(F)(F)c2cc(F)c(-c3nnc(N4CCOC5(CC5)C4)o3)cc2N(Cc2ccc(-c3noc(C(F)(F)F)n3)cc2)C1=O. The lowest BCUT2D eigenvalue weighted by Crippen LogP contribution is -2.44. The molecule has 2 aliphatic heterocycles. The van der Waals surface area contributed by atoms with Gasteiger partial charge in [0.25, 0.3) is 11.8 Å². The fourth-order valence-electron chi connectivity index (χ4n) is 5.50. The third kappa shape index (κ3) is 5.39. The van der Waals surface area contributed by atoms with Crippen molar-refractivity contribution in [2.45, 2.75) is 49.5 Å². The lowest BCUT2D eigenvalue weighted by atomic mass is 9.99. The summed E-state index contributed by atoms with van der Waals surface area (Å²) >= 11 is 0. The van der Waals surface area contributed by atoms with E-state index in [9.17, 15) is 18.0 Å². The van der Waals surface area contributed by atoms with E-state index in [0.29, 0.717) is 31.3 Å². The second-order valence-electron chi connectivity index (χ2n) is 11.2. The van der Waals surface area contributed by atoms with Gasteiger partial charge in [-0.25, -0.2) is 13.2 Å². The van der Waals surface area contributed by atoms with E-state index in [2.05, 4.69) is 24.9 Å². The number of carbonyl (C=O) groups excluding carboxylic acids is 1. The fourth-order valence-corrected chi connectivity index (χ4v) is 5.50. The van der Waals surface area contributed by atoms with Gasteiger partial charge in [0.1, 0.15) is 5.82 Å². The van der Waals surface area contributed by atoms with E-state index in [0.717, 1.165) is 23.8 Å². The number of alkyl halides is 5. The first kappa shape index (κ1) is 29.2. The van der Waals surface area contributed by atoms with Gasteiger partial charge in [-0.1, -0.05) is 34.5 Å². The predicted molar refractivity (Wildman–Crippen MR) is 142 cm³/mol. The van der Waals surface area contributed by atoms with Crippen molar-refractivity contribution in [3.05, 3.63) is 59.2 Å². The number of hydrogen-bond acceptors (Lipinski definition) is 10. The van der Waals surface area contributed by atoms with Crippen LogP contribution in [0.15, 0.2) is 45.3 Å². The molecule has 45 heavy (non-hydrogen) atoms. The number of hydrogen-bond donors (Lipinski definition) is 1. The zero-order valence-corrected chi connectivity index (χ0v) is 23.2. The highest BCUT2D eigenvalue weighted by molar-refractivity contribution is 5.99. The quantitative estimate of drug-likeness (QED) is 0.308. The van der Waals surface area contributed by atoms with Crippen LogP contribution in [0.1, 0.15) is 36.3 Å². The second kappa shape index (κ2) is 10.3. The van der Waals surface area contributed by atoms with Crippen molar-refractivity contribution in [3.63, 3.8) is 0 Å². The summed E-state index contributed by atoms with van der Waals surface area (Å²) < 4.78 is 101. The molecule has 1 saturated carbocycles. The second-order valence-corrected chi connectivity index (χ2v) is 11.2. The Morgan fingerprint density at radius 1 is 1.09 bits per heavy atom. The van der Waals surface area contributed by atoms with Gasteiger partial charge in [0.05, 0.1) is 42.6 Å². The Kier molecular flexibility index (Phi) is 6.66.